The Morgan fingerprint density at radius 1 is 1.08 bits per heavy atom. The first-order valence-corrected chi connectivity index (χ1v) is 7.96. The number of Topliss-reactive ketones (excluding diaryl/α,β-unsaturated/α-hetero) is 1. The zero-order chi connectivity index (χ0) is 18.1. The minimum absolute atomic E-state index is 0.0555. The van der Waals surface area contributed by atoms with E-state index in [2.05, 4.69) is 0 Å². The van der Waals surface area contributed by atoms with Crippen LogP contribution in [0, 0.1) is 0 Å². The summed E-state index contributed by atoms with van der Waals surface area (Å²) < 4.78 is 5.13. The normalized spacial score (nSPS) is 19.3. The number of carbonyl (C=O) groups is 2. The van der Waals surface area contributed by atoms with E-state index >= 15 is 0 Å². The predicted molar refractivity (Wildman–Crippen MR) is 94.5 cm³/mol. The predicted octanol–water partition coefficient (Wildman–Crippen LogP) is 3.40. The molecule has 2 aromatic carbocycles. The van der Waals surface area contributed by atoms with E-state index in [4.69, 9.17) is 16.3 Å². The van der Waals surface area contributed by atoms with E-state index in [0.29, 0.717) is 21.9 Å². The topological polar surface area (TPSA) is 66.8 Å². The van der Waals surface area contributed by atoms with Crippen molar-refractivity contribution < 1.29 is 19.4 Å². The van der Waals surface area contributed by atoms with Gasteiger partial charge in [0.25, 0.3) is 11.7 Å². The highest BCUT2D eigenvalue weighted by Crippen LogP contribution is 2.38. The van der Waals surface area contributed by atoms with Gasteiger partial charge in [0.15, 0.2) is 0 Å². The molecule has 2 aromatic rings. The summed E-state index contributed by atoms with van der Waals surface area (Å²) in [4.78, 5) is 26.0. The number of halogens is 1. The SMILES string of the molecule is COc1ccc([C@H]2C(=C(O)c3ccc(Cl)cc3)C(=O)C(=O)N2C)cc1. The lowest BCUT2D eigenvalue weighted by Crippen LogP contribution is -2.24. The maximum atomic E-state index is 12.4. The summed E-state index contributed by atoms with van der Waals surface area (Å²) in [5.74, 6) is -0.929. The number of benzene rings is 2. The lowest BCUT2D eigenvalue weighted by Gasteiger charge is -2.21. The summed E-state index contributed by atoms with van der Waals surface area (Å²) in [6, 6.07) is 12.8. The Labute approximate surface area is 150 Å². The molecule has 0 aromatic heterocycles. The number of hydrogen-bond acceptors (Lipinski definition) is 4. The van der Waals surface area contributed by atoms with Crippen molar-refractivity contribution in [3.63, 3.8) is 0 Å². The fourth-order valence-electron chi connectivity index (χ4n) is 2.89. The van der Waals surface area contributed by atoms with Gasteiger partial charge in [-0.15, -0.1) is 0 Å². The molecule has 1 saturated heterocycles. The van der Waals surface area contributed by atoms with E-state index in [-0.39, 0.29) is 11.3 Å². The number of aliphatic hydroxyl groups excluding tert-OH is 1. The number of ether oxygens (including phenoxy) is 1. The number of ketones is 1. The van der Waals surface area contributed by atoms with Gasteiger partial charge in [0.05, 0.1) is 18.7 Å². The maximum absolute atomic E-state index is 12.4. The Bertz CT molecular complexity index is 856. The summed E-state index contributed by atoms with van der Waals surface area (Å²) in [5, 5.41) is 11.2. The average Bonchev–Trinajstić information content (AvgIpc) is 2.86. The minimum Gasteiger partial charge on any atom is -0.507 e. The Kier molecular flexibility index (Phi) is 4.51. The molecule has 6 heteroatoms. The van der Waals surface area contributed by atoms with Crippen LogP contribution < -0.4 is 4.74 Å². The summed E-state index contributed by atoms with van der Waals surface area (Å²) in [6.07, 6.45) is 0. The summed E-state index contributed by atoms with van der Waals surface area (Å²) in [6.45, 7) is 0. The molecule has 3 rings (SSSR count). The number of rotatable bonds is 3. The largest absolute Gasteiger partial charge is 0.507 e. The lowest BCUT2D eigenvalue weighted by atomic mass is 9.95. The van der Waals surface area contributed by atoms with Gasteiger partial charge in [-0.05, 0) is 42.0 Å². The molecule has 0 saturated carbocycles. The fraction of sp³-hybridized carbons (Fsp3) is 0.158. The van der Waals surface area contributed by atoms with Crippen LogP contribution >= 0.6 is 11.6 Å². The molecule has 5 nitrogen and oxygen atoms in total. The van der Waals surface area contributed by atoms with Crippen LogP contribution in [0.5, 0.6) is 5.75 Å². The second-order valence-corrected chi connectivity index (χ2v) is 6.13. The van der Waals surface area contributed by atoms with Crippen molar-refractivity contribution in [3.05, 3.63) is 70.3 Å². The van der Waals surface area contributed by atoms with Gasteiger partial charge in [-0.3, -0.25) is 9.59 Å². The zero-order valence-electron chi connectivity index (χ0n) is 13.7. The van der Waals surface area contributed by atoms with Gasteiger partial charge < -0.3 is 14.7 Å². The quantitative estimate of drug-likeness (QED) is 0.519. The van der Waals surface area contributed by atoms with Gasteiger partial charge >= 0.3 is 0 Å². The molecule has 1 fully saturated rings. The molecule has 1 aliphatic heterocycles. The zero-order valence-corrected chi connectivity index (χ0v) is 14.4. The van der Waals surface area contributed by atoms with Crippen molar-refractivity contribution in [1.29, 1.82) is 0 Å². The first-order valence-electron chi connectivity index (χ1n) is 7.58. The van der Waals surface area contributed by atoms with Gasteiger partial charge in [0.2, 0.25) is 0 Å². The summed E-state index contributed by atoms with van der Waals surface area (Å²) in [7, 11) is 3.10. The Hall–Kier alpha value is -2.79. The van der Waals surface area contributed by atoms with Crippen LogP contribution in [0.3, 0.4) is 0 Å². The van der Waals surface area contributed by atoms with E-state index in [1.54, 1.807) is 55.6 Å². The second-order valence-electron chi connectivity index (χ2n) is 5.69. The first kappa shape index (κ1) is 17.0. The van der Waals surface area contributed by atoms with Gasteiger partial charge in [0.1, 0.15) is 11.5 Å². The average molecular weight is 358 g/mol. The number of likely N-dealkylation sites (tertiary alicyclic amines) is 1. The smallest absolute Gasteiger partial charge is 0.295 e. The van der Waals surface area contributed by atoms with Gasteiger partial charge in [-0.2, -0.15) is 0 Å². The number of carbonyl (C=O) groups excluding carboxylic acids is 2. The molecule has 0 radical (unpaired) electrons. The van der Waals surface area contributed by atoms with E-state index in [1.807, 2.05) is 0 Å². The molecule has 1 aliphatic rings. The van der Waals surface area contributed by atoms with Crippen LogP contribution in [0.15, 0.2) is 54.1 Å². The fourth-order valence-corrected chi connectivity index (χ4v) is 3.01. The molecule has 25 heavy (non-hydrogen) atoms. The molecule has 1 atom stereocenters. The number of likely N-dealkylation sites (N-methyl/N-ethyl adjacent to an activating group) is 1. The highest BCUT2D eigenvalue weighted by molar-refractivity contribution is 6.46. The third-order valence-corrected chi connectivity index (χ3v) is 4.48. The van der Waals surface area contributed by atoms with Crippen LogP contribution in [0.25, 0.3) is 5.76 Å². The van der Waals surface area contributed by atoms with Gasteiger partial charge in [-0.1, -0.05) is 23.7 Å². The number of methoxy groups -OCH3 is 1. The van der Waals surface area contributed by atoms with E-state index < -0.39 is 17.7 Å². The molecular weight excluding hydrogens is 342 g/mol. The monoisotopic (exact) mass is 357 g/mol. The van der Waals surface area contributed by atoms with E-state index in [0.717, 1.165) is 0 Å². The van der Waals surface area contributed by atoms with Crippen LogP contribution in [0.2, 0.25) is 5.02 Å². The Morgan fingerprint density at radius 3 is 2.24 bits per heavy atom. The Balaban J connectivity index is 2.13. The molecule has 0 spiro atoms. The van der Waals surface area contributed by atoms with Crippen LogP contribution in [-0.4, -0.2) is 35.9 Å². The highest BCUT2D eigenvalue weighted by Gasteiger charge is 2.44. The number of aliphatic hydroxyl groups is 1. The molecular formula is C19H16ClNO4. The molecule has 128 valence electrons. The molecule has 0 bridgehead atoms. The second kappa shape index (κ2) is 6.61. The van der Waals surface area contributed by atoms with Crippen molar-refractivity contribution in [1.82, 2.24) is 4.90 Å². The number of amides is 1. The number of nitrogens with zero attached hydrogens (tertiary/aromatic N) is 1. The van der Waals surface area contributed by atoms with Crippen molar-refractivity contribution >= 4 is 29.1 Å². The van der Waals surface area contributed by atoms with Crippen LogP contribution in [0.1, 0.15) is 17.2 Å². The first-order chi connectivity index (χ1) is 11.9. The van der Waals surface area contributed by atoms with Crippen molar-refractivity contribution in [2.45, 2.75) is 6.04 Å². The lowest BCUT2D eigenvalue weighted by molar-refractivity contribution is -0.139. The summed E-state index contributed by atoms with van der Waals surface area (Å²) >= 11 is 5.87. The van der Waals surface area contributed by atoms with Crippen molar-refractivity contribution in [2.75, 3.05) is 14.2 Å². The standard InChI is InChI=1S/C19H16ClNO4/c1-21-16(11-5-9-14(25-2)10-6-11)15(18(23)19(21)24)17(22)12-3-7-13(20)8-4-12/h3-10,16,22H,1-2H3/t16-/m0/s1. The third kappa shape index (κ3) is 2.98. The van der Waals surface area contributed by atoms with Crippen molar-refractivity contribution in [2.24, 2.45) is 0 Å². The Morgan fingerprint density at radius 2 is 1.68 bits per heavy atom. The molecule has 0 aliphatic carbocycles. The molecule has 0 unspecified atom stereocenters. The van der Waals surface area contributed by atoms with Crippen molar-refractivity contribution in [3.8, 4) is 5.75 Å². The maximum Gasteiger partial charge on any atom is 0.295 e. The van der Waals surface area contributed by atoms with Gasteiger partial charge in [0, 0.05) is 17.6 Å². The minimum atomic E-state index is -0.712. The van der Waals surface area contributed by atoms with Crippen LogP contribution in [-0.2, 0) is 9.59 Å². The molecule has 1 amide bonds. The van der Waals surface area contributed by atoms with E-state index in [9.17, 15) is 14.7 Å². The van der Waals surface area contributed by atoms with Crippen LogP contribution in [0.4, 0.5) is 0 Å². The number of hydrogen-bond donors (Lipinski definition) is 1. The third-order valence-electron chi connectivity index (χ3n) is 4.22. The highest BCUT2D eigenvalue weighted by atomic mass is 35.5. The van der Waals surface area contributed by atoms with Gasteiger partial charge in [-0.25, -0.2) is 0 Å². The van der Waals surface area contributed by atoms with E-state index in [1.165, 1.54) is 11.9 Å². The molecule has 1 N–H and O–H groups in total. The summed E-state index contributed by atoms with van der Waals surface area (Å²) in [5.41, 5.74) is 1.19. The molecule has 1 heterocycles.